The van der Waals surface area contributed by atoms with Crippen molar-refractivity contribution < 1.29 is 20.1 Å². The van der Waals surface area contributed by atoms with E-state index in [-0.39, 0.29) is 20.1 Å². The van der Waals surface area contributed by atoms with Crippen LogP contribution in [-0.2, 0) is 20.1 Å². The molecule has 0 spiro atoms. The fourth-order valence-corrected chi connectivity index (χ4v) is 3.71. The topological polar surface area (TPSA) is 43.6 Å². The third-order valence-electron chi connectivity index (χ3n) is 5.29. The Morgan fingerprint density at radius 3 is 2.06 bits per heavy atom. The van der Waals surface area contributed by atoms with Gasteiger partial charge < -0.3 is 9.55 Å². The molecule has 0 N–H and O–H groups in total. The average Bonchev–Trinajstić information content (AvgIpc) is 3.30. The van der Waals surface area contributed by atoms with Gasteiger partial charge in [-0.1, -0.05) is 30.3 Å². The van der Waals surface area contributed by atoms with E-state index in [0.29, 0.717) is 0 Å². The second-order valence-corrected chi connectivity index (χ2v) is 7.69. The van der Waals surface area contributed by atoms with Crippen LogP contribution in [0.3, 0.4) is 0 Å². The molecule has 0 bridgehead atoms. The molecule has 173 valence electrons. The predicted molar refractivity (Wildman–Crippen MR) is 136 cm³/mol. The van der Waals surface area contributed by atoms with Crippen LogP contribution in [0, 0.1) is 19.1 Å². The minimum Gasteiger partial charge on any atom is -0.333 e. The van der Waals surface area contributed by atoms with Gasteiger partial charge in [0, 0.05) is 37.7 Å². The molecule has 5 heteroatoms. The molecule has 3 aromatic heterocycles. The van der Waals surface area contributed by atoms with Crippen LogP contribution in [0.4, 0.5) is 0 Å². The molecule has 3 aromatic carbocycles. The number of rotatable bonds is 3. The van der Waals surface area contributed by atoms with Crippen LogP contribution >= 0.6 is 0 Å². The summed E-state index contributed by atoms with van der Waals surface area (Å²) in [5.74, 6) is 0.884. The molecule has 4 nitrogen and oxygen atoms in total. The van der Waals surface area contributed by atoms with Crippen molar-refractivity contribution in [2.45, 2.75) is 6.92 Å². The number of hydrogen-bond donors (Lipinski definition) is 0. The fraction of sp³-hybridized carbons (Fsp3) is 0.0333. The minimum absolute atomic E-state index is 0. The van der Waals surface area contributed by atoms with E-state index < -0.39 is 0 Å². The van der Waals surface area contributed by atoms with Gasteiger partial charge in [0.1, 0.15) is 0 Å². The molecule has 0 saturated carbocycles. The summed E-state index contributed by atoms with van der Waals surface area (Å²) in [5.41, 5.74) is 7.00. The fourth-order valence-electron chi connectivity index (χ4n) is 3.71. The van der Waals surface area contributed by atoms with Crippen LogP contribution in [0.5, 0.6) is 0 Å². The SMILES string of the molecule is Cc1cc2c(cn1)nc(-c1[c-]cccc1)n2-c1ccccc1.[Ir].[c-]1ccccc1-c1ccccn1. The first-order valence-corrected chi connectivity index (χ1v) is 11.1. The van der Waals surface area contributed by atoms with Gasteiger partial charge in [0.15, 0.2) is 0 Å². The number of aryl methyl sites for hydroxylation is 1. The van der Waals surface area contributed by atoms with E-state index in [0.717, 1.165) is 45.1 Å². The molecule has 35 heavy (non-hydrogen) atoms. The first-order valence-electron chi connectivity index (χ1n) is 11.1. The van der Waals surface area contributed by atoms with Gasteiger partial charge in [-0.05, 0) is 36.9 Å². The molecule has 1 radical (unpaired) electrons. The van der Waals surface area contributed by atoms with Crippen LogP contribution in [0.1, 0.15) is 5.69 Å². The van der Waals surface area contributed by atoms with Crippen molar-refractivity contribution in [1.82, 2.24) is 19.5 Å². The Hall–Kier alpha value is -3.92. The summed E-state index contributed by atoms with van der Waals surface area (Å²) in [6, 6.07) is 40.3. The number of imidazole rings is 1. The molecule has 0 atom stereocenters. The van der Waals surface area contributed by atoms with Crippen molar-refractivity contribution in [2.24, 2.45) is 0 Å². The average molecular weight is 631 g/mol. The normalized spacial score (nSPS) is 10.2. The molecule has 0 aliphatic rings. The van der Waals surface area contributed by atoms with Crippen molar-refractivity contribution in [1.29, 1.82) is 0 Å². The number of aromatic nitrogens is 4. The summed E-state index contributed by atoms with van der Waals surface area (Å²) < 4.78 is 2.16. The Morgan fingerprint density at radius 2 is 1.40 bits per heavy atom. The van der Waals surface area contributed by atoms with Crippen LogP contribution in [0.2, 0.25) is 0 Å². The Bertz CT molecular complexity index is 1450. The van der Waals surface area contributed by atoms with Gasteiger partial charge >= 0.3 is 0 Å². The maximum Gasteiger partial charge on any atom is 0.0957 e. The second kappa shape index (κ2) is 11.5. The Balaban J connectivity index is 0.000000189. The molecular weight excluding hydrogens is 609 g/mol. The first kappa shape index (κ1) is 24.2. The van der Waals surface area contributed by atoms with E-state index in [1.807, 2.05) is 98.0 Å². The van der Waals surface area contributed by atoms with Gasteiger partial charge in [-0.2, -0.15) is 0 Å². The molecule has 6 rings (SSSR count). The summed E-state index contributed by atoms with van der Waals surface area (Å²) >= 11 is 0. The Morgan fingerprint density at radius 1 is 0.714 bits per heavy atom. The van der Waals surface area contributed by atoms with Crippen molar-refractivity contribution in [3.05, 3.63) is 133 Å². The predicted octanol–water partition coefficient (Wildman–Crippen LogP) is 6.74. The number of hydrogen-bond acceptors (Lipinski definition) is 3. The number of nitrogens with zero attached hydrogens (tertiary/aromatic N) is 4. The van der Waals surface area contributed by atoms with Gasteiger partial charge in [0.05, 0.1) is 23.1 Å². The van der Waals surface area contributed by atoms with Crippen LogP contribution in [0.25, 0.3) is 39.4 Å². The van der Waals surface area contributed by atoms with Gasteiger partial charge in [0.2, 0.25) is 0 Å². The van der Waals surface area contributed by atoms with Crippen molar-refractivity contribution in [3.63, 3.8) is 0 Å². The van der Waals surface area contributed by atoms with E-state index in [1.165, 1.54) is 0 Å². The number of pyridine rings is 2. The summed E-state index contributed by atoms with van der Waals surface area (Å²) in [5, 5.41) is 0. The van der Waals surface area contributed by atoms with Crippen molar-refractivity contribution >= 4 is 11.0 Å². The number of benzene rings is 3. The van der Waals surface area contributed by atoms with Crippen molar-refractivity contribution in [2.75, 3.05) is 0 Å². The molecule has 0 unspecified atom stereocenters. The summed E-state index contributed by atoms with van der Waals surface area (Å²) in [6.45, 7) is 2.00. The molecule has 3 heterocycles. The first-order chi connectivity index (χ1) is 16.8. The van der Waals surface area contributed by atoms with E-state index in [2.05, 4.69) is 44.9 Å². The van der Waals surface area contributed by atoms with Crippen LogP contribution in [0.15, 0.2) is 116 Å². The van der Waals surface area contributed by atoms with Crippen LogP contribution in [-0.4, -0.2) is 19.5 Å². The Kier molecular flexibility index (Phi) is 7.94. The largest absolute Gasteiger partial charge is 0.333 e. The smallest absolute Gasteiger partial charge is 0.0957 e. The van der Waals surface area contributed by atoms with Gasteiger partial charge in [0.25, 0.3) is 0 Å². The second-order valence-electron chi connectivity index (χ2n) is 7.69. The molecule has 0 aliphatic carbocycles. The molecular formula is C30H22IrN4-2. The van der Waals surface area contributed by atoms with Crippen molar-refractivity contribution in [3.8, 4) is 28.3 Å². The van der Waals surface area contributed by atoms with Crippen LogP contribution < -0.4 is 0 Å². The van der Waals surface area contributed by atoms with Gasteiger partial charge in [-0.15, -0.1) is 71.8 Å². The van der Waals surface area contributed by atoms with Gasteiger partial charge in [-0.25, -0.2) is 0 Å². The molecule has 0 amide bonds. The minimum atomic E-state index is 0. The Labute approximate surface area is 218 Å². The van der Waals surface area contributed by atoms with E-state index >= 15 is 0 Å². The van der Waals surface area contributed by atoms with E-state index in [1.54, 1.807) is 6.20 Å². The van der Waals surface area contributed by atoms with Gasteiger partial charge in [-0.3, -0.25) is 9.97 Å². The standard InChI is InChI=1S/C19H14N3.C11H8N.Ir/c1-14-12-18-17(13-20-14)21-19(15-8-4-2-5-9-15)22(18)16-10-6-3-7-11-16;1-2-6-10(7-3-1)11-8-4-5-9-12-11;/h2-8,10-13H,1H3;1-6,8-9H;/q2*-1;. The maximum absolute atomic E-state index is 4.77. The number of para-hydroxylation sites is 1. The molecule has 0 saturated heterocycles. The molecule has 6 aromatic rings. The maximum atomic E-state index is 4.77. The van der Waals surface area contributed by atoms with E-state index in [9.17, 15) is 0 Å². The third-order valence-corrected chi connectivity index (χ3v) is 5.29. The van der Waals surface area contributed by atoms with E-state index in [4.69, 9.17) is 4.98 Å². The zero-order valence-electron chi connectivity index (χ0n) is 19.1. The third kappa shape index (κ3) is 5.60. The zero-order chi connectivity index (χ0) is 23.2. The molecule has 0 aliphatic heterocycles. The summed E-state index contributed by atoms with van der Waals surface area (Å²) in [4.78, 5) is 13.4. The quantitative estimate of drug-likeness (QED) is 0.204. The summed E-state index contributed by atoms with van der Waals surface area (Å²) in [7, 11) is 0. The number of fused-ring (bicyclic) bond motifs is 1. The molecule has 0 fully saturated rings. The monoisotopic (exact) mass is 631 g/mol. The summed E-state index contributed by atoms with van der Waals surface area (Å²) in [6.07, 6.45) is 3.62. The zero-order valence-corrected chi connectivity index (χ0v) is 21.5.